The first-order valence-corrected chi connectivity index (χ1v) is 37.4. The van der Waals surface area contributed by atoms with Crippen LogP contribution in [0.2, 0.25) is 0 Å². The summed E-state index contributed by atoms with van der Waals surface area (Å²) in [6, 6.07) is 0. The third-order valence-electron chi connectivity index (χ3n) is 22.3. The van der Waals surface area contributed by atoms with Crippen molar-refractivity contribution in [2.45, 2.75) is 398 Å². The van der Waals surface area contributed by atoms with E-state index >= 15 is 0 Å². The Morgan fingerprint density at radius 2 is 0.615 bits per heavy atom. The van der Waals surface area contributed by atoms with Gasteiger partial charge in [-0.1, -0.05) is 83.1 Å². The molecular formula is C75H136O29. The molecule has 29 heteroatoms. The highest BCUT2D eigenvalue weighted by Crippen LogP contribution is 2.52. The highest BCUT2D eigenvalue weighted by Gasteiger charge is 2.67. The number of esters is 3. The van der Waals surface area contributed by atoms with Gasteiger partial charge in [0.05, 0.1) is 24.9 Å². The van der Waals surface area contributed by atoms with Crippen LogP contribution in [0.5, 0.6) is 0 Å². The van der Waals surface area contributed by atoms with Gasteiger partial charge in [-0.05, 0) is 132 Å². The lowest BCUT2D eigenvalue weighted by molar-refractivity contribution is -0.259. The first-order valence-electron chi connectivity index (χ1n) is 37.4. The number of aliphatic hydroxyl groups is 3. The fraction of sp³-hybridized carbons (Fsp3) is 0.960. The molecule has 0 radical (unpaired) electrons. The molecule has 104 heavy (non-hydrogen) atoms. The van der Waals surface area contributed by atoms with Gasteiger partial charge in [0.15, 0.2) is 60.5 Å². The molecule has 610 valence electrons. The van der Waals surface area contributed by atoms with E-state index in [0.29, 0.717) is 37.5 Å². The number of ether oxygens (including phenoxy) is 23. The summed E-state index contributed by atoms with van der Waals surface area (Å²) < 4.78 is 131. The van der Waals surface area contributed by atoms with Crippen molar-refractivity contribution in [1.82, 2.24) is 0 Å². The van der Waals surface area contributed by atoms with E-state index in [9.17, 15) is 29.7 Å². The number of hydrogen-bond donors (Lipinski definition) is 3. The van der Waals surface area contributed by atoms with Crippen LogP contribution in [0.25, 0.3) is 0 Å². The quantitative estimate of drug-likeness (QED) is 0.0713. The number of carbonyl (C=O) groups excluding carboxylic acids is 3. The summed E-state index contributed by atoms with van der Waals surface area (Å²) in [7, 11) is 9.72. The van der Waals surface area contributed by atoms with Crippen LogP contribution >= 0.6 is 0 Å². The molecule has 0 amide bonds. The fourth-order valence-corrected chi connectivity index (χ4v) is 17.0. The zero-order chi connectivity index (χ0) is 79.2. The van der Waals surface area contributed by atoms with E-state index in [0.717, 1.165) is 12.8 Å². The Labute approximate surface area is 619 Å². The van der Waals surface area contributed by atoms with E-state index in [4.69, 9.17) is 109 Å². The van der Waals surface area contributed by atoms with Crippen LogP contribution in [-0.4, -0.2) is 262 Å². The lowest BCUT2D eigenvalue weighted by atomic mass is 9.82. The monoisotopic (exact) mass is 1500 g/mol. The Bertz CT molecular complexity index is 2550. The standard InChI is InChI=1S/C14H24O6.2C13H24O4.2C12H22O5.C11H20O5/c1-7-14(8(2)3)12(17-6)11(18-9(4)15)13(20-14)19-10(5)16;1-7-13(8(2)3)10(14-6)9-11(17-13)16-12(4,5)15-9;1-7-13(8(2)3)12(15-6)11(9(4)17-13)16-10(5)14;2*1-6-12(7(2)13)9(14-5)8-10(17-12)16-11(3,4)15-8;1-5-11(6-12)8(13-4)7-9(16-11)15-10(2,3)14-7/h8,11-13H,7H2,1-6H3;8-11H,7H2,1-6H3;8-9,11-12H,7H2,1-6H3;2*7-10,13H,6H2,1-5H3;7-9,12H,5-6H2,1-4H3/t11-,12+,13?,14-;9-,10+,11+,13-;9-,11-,12-,13+;7-,8+,9-,10-,12+;7-,8-,9+,10+,12-;7-,8+,9+,11-/m110011/s1. The molecule has 0 aromatic carbocycles. The molecule has 1 unspecified atom stereocenters. The zero-order valence-corrected chi connectivity index (χ0v) is 68.7. The van der Waals surface area contributed by atoms with E-state index in [1.807, 2.05) is 104 Å². The molecule has 0 saturated carbocycles. The average molecular weight is 1500 g/mol. The number of carbonyl (C=O) groups is 3. The molecule has 26 atom stereocenters. The predicted molar refractivity (Wildman–Crippen MR) is 376 cm³/mol. The molecule has 0 spiro atoms. The van der Waals surface area contributed by atoms with Crippen LogP contribution in [0.1, 0.15) is 219 Å². The number of methoxy groups -OCH3 is 6. The van der Waals surface area contributed by atoms with E-state index in [-0.39, 0.29) is 103 Å². The van der Waals surface area contributed by atoms with Gasteiger partial charge >= 0.3 is 17.9 Å². The molecule has 10 heterocycles. The van der Waals surface area contributed by atoms with E-state index < -0.39 is 107 Å². The van der Waals surface area contributed by atoms with Crippen molar-refractivity contribution < 1.29 is 139 Å². The van der Waals surface area contributed by atoms with Gasteiger partial charge in [-0.2, -0.15) is 0 Å². The van der Waals surface area contributed by atoms with Gasteiger partial charge in [0.25, 0.3) is 0 Å². The summed E-state index contributed by atoms with van der Waals surface area (Å²) >= 11 is 0. The minimum atomic E-state index is -0.941. The summed E-state index contributed by atoms with van der Waals surface area (Å²) in [6.45, 7) is 48.7. The number of hydrogen-bond acceptors (Lipinski definition) is 29. The molecule has 10 rings (SSSR count). The molecule has 0 aromatic rings. The van der Waals surface area contributed by atoms with Gasteiger partial charge in [-0.25, -0.2) is 0 Å². The zero-order valence-electron chi connectivity index (χ0n) is 68.7. The van der Waals surface area contributed by atoms with Crippen molar-refractivity contribution in [2.24, 2.45) is 17.8 Å². The predicted octanol–water partition coefficient (Wildman–Crippen LogP) is 8.86. The lowest BCUT2D eigenvalue weighted by Gasteiger charge is -2.38. The molecule has 0 aliphatic carbocycles. The van der Waals surface area contributed by atoms with E-state index in [1.165, 1.54) is 27.9 Å². The minimum Gasteiger partial charge on any atom is -0.457 e. The van der Waals surface area contributed by atoms with E-state index in [1.54, 1.807) is 49.4 Å². The maximum atomic E-state index is 11.3. The van der Waals surface area contributed by atoms with Crippen LogP contribution in [0.3, 0.4) is 0 Å². The highest BCUT2D eigenvalue weighted by atomic mass is 16.9. The van der Waals surface area contributed by atoms with Gasteiger partial charge < -0.3 is 124 Å². The molecule has 0 aromatic heterocycles. The number of aliphatic hydroxyl groups excluding tert-OH is 3. The molecule has 10 aliphatic heterocycles. The Balaban J connectivity index is 0.000000225. The summed E-state index contributed by atoms with van der Waals surface area (Å²) in [5.41, 5.74) is -3.54. The Hall–Kier alpha value is -2.51. The van der Waals surface area contributed by atoms with Gasteiger partial charge in [0, 0.05) is 63.4 Å². The third kappa shape index (κ3) is 18.8. The number of fused-ring (bicyclic) bond motifs is 4. The molecule has 10 saturated heterocycles. The fourth-order valence-electron chi connectivity index (χ4n) is 17.0. The first kappa shape index (κ1) is 92.1. The average Bonchev–Trinajstić information content (AvgIpc) is 1.60. The smallest absolute Gasteiger partial charge is 0.305 e. The second-order valence-electron chi connectivity index (χ2n) is 31.3. The lowest BCUT2D eigenvalue weighted by Crippen LogP contribution is -2.52. The molecule has 10 aliphatic rings. The minimum absolute atomic E-state index is 0.0701. The SMILES string of the molecule is CC[C@]1(C(C)C)OC(OC(C)=O)[C@H](OC(C)=O)[C@@H]1OC.CC[C@]1(C(C)C)O[C@@H](C)[C@H](OC(C)=O)[C@@H]1OC.CC[C@]1(C(C)C)O[C@@H]2OC(C)(C)O[C@@H]2[C@@H]1OC.CC[C@]1(CO)O[C@@H]2OC(C)(C)O[C@@H]2[C@@H]1OC.CC[C@]1([C@@H](C)O)O[C@@H]2OC(C)(C)O[C@@H]2[C@@H]1OC.CC[C@]1([C@H](C)O)O[C@@H]2OC(C)(C)O[C@@H]2[C@@H]1OC. The van der Waals surface area contributed by atoms with Crippen molar-refractivity contribution in [1.29, 1.82) is 0 Å². The molecule has 10 fully saturated rings. The van der Waals surface area contributed by atoms with Crippen molar-refractivity contribution in [3.05, 3.63) is 0 Å². The van der Waals surface area contributed by atoms with Crippen LogP contribution in [0, 0.1) is 17.8 Å². The topological polar surface area (TPSA) is 324 Å². The van der Waals surface area contributed by atoms with E-state index in [2.05, 4.69) is 41.5 Å². The molecule has 0 bridgehead atoms. The highest BCUT2D eigenvalue weighted by molar-refractivity contribution is 5.67. The normalized spacial score (nSPS) is 41.8. The second kappa shape index (κ2) is 36.3. The van der Waals surface area contributed by atoms with Crippen molar-refractivity contribution >= 4 is 17.9 Å². The van der Waals surface area contributed by atoms with Crippen LogP contribution < -0.4 is 0 Å². The van der Waals surface area contributed by atoms with Crippen molar-refractivity contribution in [2.75, 3.05) is 49.3 Å². The molecular weight excluding hydrogens is 1360 g/mol. The van der Waals surface area contributed by atoms with Crippen LogP contribution in [0.15, 0.2) is 0 Å². The summed E-state index contributed by atoms with van der Waals surface area (Å²) in [6.07, 6.45) is -3.48. The van der Waals surface area contributed by atoms with Gasteiger partial charge in [-0.3, -0.25) is 14.4 Å². The second-order valence-corrected chi connectivity index (χ2v) is 31.3. The Kier molecular flexibility index (Phi) is 32.2. The summed E-state index contributed by atoms with van der Waals surface area (Å²) in [5, 5.41) is 29.4. The van der Waals surface area contributed by atoms with Gasteiger partial charge in [0.1, 0.15) is 94.6 Å². The maximum Gasteiger partial charge on any atom is 0.305 e. The van der Waals surface area contributed by atoms with Crippen molar-refractivity contribution in [3.8, 4) is 0 Å². The molecule has 29 nitrogen and oxygen atoms in total. The summed E-state index contributed by atoms with van der Waals surface area (Å²) in [5.74, 6) is -3.02. The van der Waals surface area contributed by atoms with Gasteiger partial charge in [0.2, 0.25) is 6.29 Å². The maximum absolute atomic E-state index is 11.3. The van der Waals surface area contributed by atoms with Crippen molar-refractivity contribution in [3.63, 3.8) is 0 Å². The Morgan fingerprint density at radius 3 is 0.894 bits per heavy atom. The Morgan fingerprint density at radius 1 is 0.346 bits per heavy atom. The van der Waals surface area contributed by atoms with Gasteiger partial charge in [-0.15, -0.1) is 0 Å². The van der Waals surface area contributed by atoms with Crippen LogP contribution in [0.4, 0.5) is 0 Å². The molecule has 3 N–H and O–H groups in total. The largest absolute Gasteiger partial charge is 0.457 e. The van der Waals surface area contributed by atoms with Crippen LogP contribution in [-0.2, 0) is 123 Å². The summed E-state index contributed by atoms with van der Waals surface area (Å²) in [4.78, 5) is 33.6. The first-order chi connectivity index (χ1) is 48.2. The number of rotatable bonds is 21. The third-order valence-corrected chi connectivity index (χ3v) is 22.3.